The third-order valence-corrected chi connectivity index (χ3v) is 4.61. The summed E-state index contributed by atoms with van der Waals surface area (Å²) < 4.78 is 24.3. The molecule has 2 unspecified atom stereocenters. The second kappa shape index (κ2) is 2.20. The lowest BCUT2D eigenvalue weighted by molar-refractivity contribution is 0.518. The van der Waals surface area contributed by atoms with E-state index in [1.54, 1.807) is 11.2 Å². The molecule has 0 spiro atoms. The van der Waals surface area contributed by atoms with E-state index in [0.29, 0.717) is 12.1 Å². The van der Waals surface area contributed by atoms with Crippen LogP contribution in [0, 0.1) is 0 Å². The summed E-state index contributed by atoms with van der Waals surface area (Å²) in [6, 6.07) is 0.778. The number of hydrogen-bond acceptors (Lipinski definition) is 2. The first kappa shape index (κ1) is 7.55. The van der Waals surface area contributed by atoms with Crippen LogP contribution in [0.2, 0.25) is 0 Å². The predicted molar refractivity (Wildman–Crippen MR) is 42.7 cm³/mol. The van der Waals surface area contributed by atoms with E-state index in [1.165, 1.54) is 6.42 Å². The molecule has 1 heterocycles. The van der Waals surface area contributed by atoms with Gasteiger partial charge in [-0.15, -0.1) is 0 Å². The summed E-state index contributed by atoms with van der Waals surface area (Å²) >= 11 is 0. The van der Waals surface area contributed by atoms with Crippen LogP contribution in [0.25, 0.3) is 0 Å². The molecule has 64 valence electrons. The Morgan fingerprint density at radius 1 is 1.36 bits per heavy atom. The summed E-state index contributed by atoms with van der Waals surface area (Å²) in [5.74, 6) is 0.264. The molecule has 2 atom stereocenters. The minimum atomic E-state index is -2.85. The summed E-state index contributed by atoms with van der Waals surface area (Å²) in [6.07, 6.45) is 3.39. The fourth-order valence-electron chi connectivity index (χ4n) is 2.05. The Bertz CT molecular complexity index is 250. The van der Waals surface area contributed by atoms with Gasteiger partial charge < -0.3 is 0 Å². The zero-order chi connectivity index (χ0) is 8.06. The van der Waals surface area contributed by atoms with E-state index in [0.717, 1.165) is 12.8 Å². The zero-order valence-electron chi connectivity index (χ0n) is 6.66. The highest BCUT2D eigenvalue weighted by Crippen LogP contribution is 2.44. The number of hydrogen-bond donors (Lipinski definition) is 0. The van der Waals surface area contributed by atoms with Crippen LogP contribution in [0.1, 0.15) is 26.2 Å². The molecule has 0 N–H and O–H groups in total. The lowest BCUT2D eigenvalue weighted by atomic mass is 10.3. The van der Waals surface area contributed by atoms with Gasteiger partial charge in [0.25, 0.3) is 0 Å². The van der Waals surface area contributed by atoms with E-state index >= 15 is 0 Å². The van der Waals surface area contributed by atoms with E-state index in [2.05, 4.69) is 0 Å². The predicted octanol–water partition coefficient (Wildman–Crippen LogP) is 0.573. The lowest BCUT2D eigenvalue weighted by Gasteiger charge is -2.05. The van der Waals surface area contributed by atoms with Crippen molar-refractivity contribution in [3.8, 4) is 0 Å². The molecule has 11 heavy (non-hydrogen) atoms. The summed E-state index contributed by atoms with van der Waals surface area (Å²) in [5.41, 5.74) is 0. The van der Waals surface area contributed by atoms with Gasteiger partial charge in [-0.2, -0.15) is 4.31 Å². The minimum absolute atomic E-state index is 0.264. The molecule has 4 heteroatoms. The highest BCUT2D eigenvalue weighted by Gasteiger charge is 2.56. The molecule has 0 radical (unpaired) electrons. The standard InChI is InChI=1S/C7H13NO2S/c1-2-11(9,10)8-6-4-3-5-7(6)8/h6-7H,2-5H2,1H3. The largest absolute Gasteiger partial charge is 0.214 e. The molecule has 2 aliphatic rings. The van der Waals surface area contributed by atoms with Crippen molar-refractivity contribution in [2.45, 2.75) is 38.3 Å². The molecule has 0 aromatic carbocycles. The molecule has 1 saturated heterocycles. The topological polar surface area (TPSA) is 37.1 Å². The Kier molecular flexibility index (Phi) is 1.51. The van der Waals surface area contributed by atoms with Crippen molar-refractivity contribution in [2.75, 3.05) is 5.75 Å². The van der Waals surface area contributed by atoms with Crippen molar-refractivity contribution < 1.29 is 8.42 Å². The van der Waals surface area contributed by atoms with E-state index in [-0.39, 0.29) is 5.75 Å². The van der Waals surface area contributed by atoms with Crippen molar-refractivity contribution in [2.24, 2.45) is 0 Å². The average Bonchev–Trinajstić information content (AvgIpc) is 2.49. The molecule has 1 saturated carbocycles. The molecule has 0 bridgehead atoms. The van der Waals surface area contributed by atoms with Gasteiger partial charge in [0.2, 0.25) is 10.0 Å². The Labute approximate surface area is 67.4 Å². The molecule has 0 aromatic rings. The molecule has 2 fully saturated rings. The molecule has 0 aromatic heterocycles. The first-order valence-electron chi connectivity index (χ1n) is 4.18. The van der Waals surface area contributed by atoms with Crippen LogP contribution in [0.5, 0.6) is 0 Å². The second-order valence-electron chi connectivity index (χ2n) is 3.30. The van der Waals surface area contributed by atoms with Crippen molar-refractivity contribution in [3.05, 3.63) is 0 Å². The van der Waals surface area contributed by atoms with Crippen LogP contribution in [-0.4, -0.2) is 30.6 Å². The average molecular weight is 175 g/mol. The van der Waals surface area contributed by atoms with Crippen molar-refractivity contribution in [1.29, 1.82) is 0 Å². The summed E-state index contributed by atoms with van der Waals surface area (Å²) in [7, 11) is -2.85. The molecule has 1 aliphatic carbocycles. The first-order valence-corrected chi connectivity index (χ1v) is 5.79. The summed E-state index contributed by atoms with van der Waals surface area (Å²) in [6.45, 7) is 1.71. The lowest BCUT2D eigenvalue weighted by Crippen LogP contribution is -2.19. The van der Waals surface area contributed by atoms with Gasteiger partial charge >= 0.3 is 0 Å². The monoisotopic (exact) mass is 175 g/mol. The van der Waals surface area contributed by atoms with Gasteiger partial charge in [0, 0.05) is 12.1 Å². The van der Waals surface area contributed by atoms with Crippen LogP contribution in [0.15, 0.2) is 0 Å². The van der Waals surface area contributed by atoms with Crippen LogP contribution in [0.3, 0.4) is 0 Å². The number of piperidine rings is 1. The number of fused-ring (bicyclic) bond motifs is 1. The van der Waals surface area contributed by atoms with Crippen LogP contribution in [0.4, 0.5) is 0 Å². The van der Waals surface area contributed by atoms with E-state index in [9.17, 15) is 8.42 Å². The van der Waals surface area contributed by atoms with Gasteiger partial charge in [-0.3, -0.25) is 0 Å². The molecule has 1 aliphatic heterocycles. The first-order chi connectivity index (χ1) is 5.17. The summed E-state index contributed by atoms with van der Waals surface area (Å²) in [5, 5.41) is 0. The van der Waals surface area contributed by atoms with Crippen molar-refractivity contribution in [3.63, 3.8) is 0 Å². The van der Waals surface area contributed by atoms with Crippen LogP contribution >= 0.6 is 0 Å². The van der Waals surface area contributed by atoms with Crippen LogP contribution in [-0.2, 0) is 10.0 Å². The van der Waals surface area contributed by atoms with Gasteiger partial charge in [-0.1, -0.05) is 6.42 Å². The number of rotatable bonds is 2. The molecular formula is C7H13NO2S. The maximum Gasteiger partial charge on any atom is 0.214 e. The second-order valence-corrected chi connectivity index (χ2v) is 5.46. The quantitative estimate of drug-likeness (QED) is 0.575. The van der Waals surface area contributed by atoms with Gasteiger partial charge in [0.05, 0.1) is 5.75 Å². The summed E-state index contributed by atoms with van der Waals surface area (Å²) in [4.78, 5) is 0. The minimum Gasteiger partial charge on any atom is -0.212 e. The Morgan fingerprint density at radius 3 is 2.36 bits per heavy atom. The zero-order valence-corrected chi connectivity index (χ0v) is 7.47. The normalized spacial score (nSPS) is 42.1. The van der Waals surface area contributed by atoms with Crippen molar-refractivity contribution >= 4 is 10.0 Å². The fraction of sp³-hybridized carbons (Fsp3) is 1.00. The van der Waals surface area contributed by atoms with Gasteiger partial charge in [0.15, 0.2) is 0 Å². The highest BCUT2D eigenvalue weighted by molar-refractivity contribution is 7.89. The number of nitrogens with zero attached hydrogens (tertiary/aromatic N) is 1. The Balaban J connectivity index is 2.11. The maximum absolute atomic E-state index is 11.3. The van der Waals surface area contributed by atoms with Crippen LogP contribution < -0.4 is 0 Å². The Hall–Kier alpha value is -0.0900. The molecule has 2 rings (SSSR count). The number of sulfonamides is 1. The van der Waals surface area contributed by atoms with Gasteiger partial charge in [-0.25, -0.2) is 8.42 Å². The highest BCUT2D eigenvalue weighted by atomic mass is 32.2. The van der Waals surface area contributed by atoms with E-state index < -0.39 is 10.0 Å². The van der Waals surface area contributed by atoms with Gasteiger partial charge in [-0.05, 0) is 19.8 Å². The van der Waals surface area contributed by atoms with Gasteiger partial charge in [0.1, 0.15) is 0 Å². The third-order valence-electron chi connectivity index (χ3n) is 2.69. The SMILES string of the molecule is CCS(=O)(=O)N1C2CCCC21. The van der Waals surface area contributed by atoms with Crippen molar-refractivity contribution in [1.82, 2.24) is 4.31 Å². The maximum atomic E-state index is 11.3. The molecular weight excluding hydrogens is 162 g/mol. The molecule has 3 nitrogen and oxygen atoms in total. The molecule has 0 amide bonds. The van der Waals surface area contributed by atoms with E-state index in [4.69, 9.17) is 0 Å². The third kappa shape index (κ3) is 0.999. The van der Waals surface area contributed by atoms with E-state index in [1.807, 2.05) is 0 Å². The fourth-order valence-corrected chi connectivity index (χ4v) is 3.61. The Morgan fingerprint density at radius 2 is 1.91 bits per heavy atom. The smallest absolute Gasteiger partial charge is 0.212 e.